The van der Waals surface area contributed by atoms with Crippen molar-refractivity contribution >= 4 is 22.9 Å². The number of aliphatic hydroxyl groups is 1. The van der Waals surface area contributed by atoms with Gasteiger partial charge in [0.05, 0.1) is 23.8 Å². The van der Waals surface area contributed by atoms with E-state index in [1.807, 2.05) is 29.6 Å². The maximum absolute atomic E-state index is 12.5. The third-order valence-electron chi connectivity index (χ3n) is 3.49. The van der Waals surface area contributed by atoms with Gasteiger partial charge in [0.25, 0.3) is 5.91 Å². The van der Waals surface area contributed by atoms with Crippen LogP contribution in [0.25, 0.3) is 0 Å². The Labute approximate surface area is 121 Å². The number of amides is 1. The molecule has 0 saturated heterocycles. The highest BCUT2D eigenvalue weighted by molar-refractivity contribution is 7.12. The molecule has 1 aliphatic heterocycles. The van der Waals surface area contributed by atoms with E-state index in [1.165, 1.54) is 11.3 Å². The molecule has 1 aromatic carbocycles. The zero-order chi connectivity index (χ0) is 14.1. The van der Waals surface area contributed by atoms with Gasteiger partial charge in [0.15, 0.2) is 0 Å². The molecule has 3 rings (SSSR count). The molecule has 2 heterocycles. The predicted octanol–water partition coefficient (Wildman–Crippen LogP) is 2.84. The van der Waals surface area contributed by atoms with E-state index in [4.69, 9.17) is 4.74 Å². The standard InChI is InChI=1S/C15H15NO3S/c1-19-10-4-5-11-12(9-10)16(7-6-13(11)17)15(18)14-3-2-8-20-14/h2-5,8-9,13,17H,6-7H2,1H3. The van der Waals surface area contributed by atoms with Crippen molar-refractivity contribution in [2.75, 3.05) is 18.6 Å². The van der Waals surface area contributed by atoms with Gasteiger partial charge in [-0.3, -0.25) is 4.79 Å². The van der Waals surface area contributed by atoms with Crippen LogP contribution in [0, 0.1) is 0 Å². The molecule has 20 heavy (non-hydrogen) atoms. The Balaban J connectivity index is 2.03. The average Bonchev–Trinajstić information content (AvgIpc) is 3.01. The fraction of sp³-hybridized carbons (Fsp3) is 0.267. The normalized spacial score (nSPS) is 17.7. The van der Waals surface area contributed by atoms with E-state index in [9.17, 15) is 9.90 Å². The van der Waals surface area contributed by atoms with Gasteiger partial charge in [-0.1, -0.05) is 12.1 Å². The molecule has 0 bridgehead atoms. The highest BCUT2D eigenvalue weighted by atomic mass is 32.1. The van der Waals surface area contributed by atoms with Crippen LogP contribution in [0.4, 0.5) is 5.69 Å². The van der Waals surface area contributed by atoms with Crippen LogP contribution >= 0.6 is 11.3 Å². The van der Waals surface area contributed by atoms with Crippen LogP contribution in [0.1, 0.15) is 27.8 Å². The number of hydrogen-bond acceptors (Lipinski definition) is 4. The van der Waals surface area contributed by atoms with Crippen LogP contribution in [-0.4, -0.2) is 24.7 Å². The molecule has 4 nitrogen and oxygen atoms in total. The van der Waals surface area contributed by atoms with Gasteiger partial charge in [0.1, 0.15) is 5.75 Å². The first-order valence-electron chi connectivity index (χ1n) is 6.42. The summed E-state index contributed by atoms with van der Waals surface area (Å²) in [6.07, 6.45) is 0.0273. The van der Waals surface area contributed by atoms with Crippen molar-refractivity contribution in [2.45, 2.75) is 12.5 Å². The number of aliphatic hydroxyl groups excluding tert-OH is 1. The fourth-order valence-electron chi connectivity index (χ4n) is 2.44. The molecule has 1 unspecified atom stereocenters. The quantitative estimate of drug-likeness (QED) is 0.925. The van der Waals surface area contributed by atoms with Crippen molar-refractivity contribution in [3.05, 3.63) is 46.2 Å². The van der Waals surface area contributed by atoms with Gasteiger partial charge in [0, 0.05) is 18.2 Å². The van der Waals surface area contributed by atoms with E-state index < -0.39 is 6.10 Å². The van der Waals surface area contributed by atoms with Crippen molar-refractivity contribution in [1.82, 2.24) is 0 Å². The van der Waals surface area contributed by atoms with Crippen molar-refractivity contribution in [3.8, 4) is 5.75 Å². The Bertz CT molecular complexity index is 624. The molecule has 0 spiro atoms. The van der Waals surface area contributed by atoms with Crippen LogP contribution in [0.5, 0.6) is 5.75 Å². The number of carbonyl (C=O) groups is 1. The number of rotatable bonds is 2. The Morgan fingerprint density at radius 2 is 2.30 bits per heavy atom. The summed E-state index contributed by atoms with van der Waals surface area (Å²) in [6.45, 7) is 0.512. The van der Waals surface area contributed by atoms with Gasteiger partial charge in [-0.2, -0.15) is 0 Å². The van der Waals surface area contributed by atoms with Crippen LogP contribution in [0.2, 0.25) is 0 Å². The van der Waals surface area contributed by atoms with Gasteiger partial charge < -0.3 is 14.7 Å². The minimum atomic E-state index is -0.525. The molecule has 0 saturated carbocycles. The summed E-state index contributed by atoms with van der Waals surface area (Å²) in [7, 11) is 1.59. The lowest BCUT2D eigenvalue weighted by Gasteiger charge is -2.32. The summed E-state index contributed by atoms with van der Waals surface area (Å²) in [5.41, 5.74) is 1.52. The highest BCUT2D eigenvalue weighted by Gasteiger charge is 2.29. The minimum Gasteiger partial charge on any atom is -0.497 e. The van der Waals surface area contributed by atoms with Crippen LogP contribution in [0.3, 0.4) is 0 Å². The molecule has 2 aromatic rings. The van der Waals surface area contributed by atoms with Crippen LogP contribution in [-0.2, 0) is 0 Å². The predicted molar refractivity (Wildman–Crippen MR) is 78.6 cm³/mol. The van der Waals surface area contributed by atoms with Crippen molar-refractivity contribution in [3.63, 3.8) is 0 Å². The van der Waals surface area contributed by atoms with Crippen LogP contribution < -0.4 is 9.64 Å². The molecule has 0 aliphatic carbocycles. The monoisotopic (exact) mass is 289 g/mol. The molecule has 1 atom stereocenters. The van der Waals surface area contributed by atoms with E-state index in [0.717, 1.165) is 11.3 Å². The van der Waals surface area contributed by atoms with Gasteiger partial charge in [-0.15, -0.1) is 11.3 Å². The first-order valence-corrected chi connectivity index (χ1v) is 7.30. The number of hydrogen-bond donors (Lipinski definition) is 1. The summed E-state index contributed by atoms with van der Waals surface area (Å²) in [4.78, 5) is 15.0. The van der Waals surface area contributed by atoms with E-state index >= 15 is 0 Å². The maximum Gasteiger partial charge on any atom is 0.268 e. The largest absolute Gasteiger partial charge is 0.497 e. The zero-order valence-corrected chi connectivity index (χ0v) is 11.9. The number of methoxy groups -OCH3 is 1. The third-order valence-corrected chi connectivity index (χ3v) is 4.35. The minimum absolute atomic E-state index is 0.0265. The number of anilines is 1. The highest BCUT2D eigenvalue weighted by Crippen LogP contribution is 2.37. The maximum atomic E-state index is 12.5. The van der Waals surface area contributed by atoms with Gasteiger partial charge in [0.2, 0.25) is 0 Å². The van der Waals surface area contributed by atoms with E-state index in [2.05, 4.69) is 0 Å². The van der Waals surface area contributed by atoms with Crippen molar-refractivity contribution in [1.29, 1.82) is 0 Å². The van der Waals surface area contributed by atoms with E-state index in [1.54, 1.807) is 18.1 Å². The molecule has 1 N–H and O–H groups in total. The van der Waals surface area contributed by atoms with Gasteiger partial charge in [-0.25, -0.2) is 0 Å². The molecular weight excluding hydrogens is 274 g/mol. The lowest BCUT2D eigenvalue weighted by atomic mass is 9.98. The SMILES string of the molecule is COc1ccc2c(c1)N(C(=O)c1cccs1)CCC2O. The molecule has 104 valence electrons. The molecule has 1 aliphatic rings. The second kappa shape index (κ2) is 5.26. The molecule has 0 radical (unpaired) electrons. The summed E-state index contributed by atoms with van der Waals surface area (Å²) >= 11 is 1.43. The second-order valence-corrected chi connectivity index (χ2v) is 5.61. The van der Waals surface area contributed by atoms with Crippen LogP contribution in [0.15, 0.2) is 35.7 Å². The molecular formula is C15H15NO3S. The third kappa shape index (κ3) is 2.19. The van der Waals surface area contributed by atoms with Gasteiger partial charge >= 0.3 is 0 Å². The molecule has 5 heteroatoms. The lowest BCUT2D eigenvalue weighted by molar-refractivity contribution is 0.0974. The number of carbonyl (C=O) groups excluding carboxylic acids is 1. The Morgan fingerprint density at radius 1 is 1.45 bits per heavy atom. The Morgan fingerprint density at radius 3 is 3.00 bits per heavy atom. The van der Waals surface area contributed by atoms with Gasteiger partial charge in [-0.05, 0) is 23.9 Å². The molecule has 1 amide bonds. The Hall–Kier alpha value is -1.85. The van der Waals surface area contributed by atoms with E-state index in [0.29, 0.717) is 23.6 Å². The number of nitrogens with zero attached hydrogens (tertiary/aromatic N) is 1. The fourth-order valence-corrected chi connectivity index (χ4v) is 3.11. The first kappa shape index (κ1) is 13.1. The number of fused-ring (bicyclic) bond motifs is 1. The molecule has 1 aromatic heterocycles. The number of benzene rings is 1. The van der Waals surface area contributed by atoms with Crippen molar-refractivity contribution in [2.24, 2.45) is 0 Å². The summed E-state index contributed by atoms with van der Waals surface area (Å²) < 4.78 is 5.22. The summed E-state index contributed by atoms with van der Waals surface area (Å²) in [6, 6.07) is 9.12. The average molecular weight is 289 g/mol. The smallest absolute Gasteiger partial charge is 0.268 e. The van der Waals surface area contributed by atoms with Crippen molar-refractivity contribution < 1.29 is 14.6 Å². The first-order chi connectivity index (χ1) is 9.70. The van der Waals surface area contributed by atoms with E-state index in [-0.39, 0.29) is 5.91 Å². The molecule has 0 fully saturated rings. The zero-order valence-electron chi connectivity index (χ0n) is 11.1. The second-order valence-electron chi connectivity index (χ2n) is 4.66. The summed E-state index contributed by atoms with van der Waals surface area (Å²) in [5, 5.41) is 12.0. The number of ether oxygens (including phenoxy) is 1. The summed E-state index contributed by atoms with van der Waals surface area (Å²) in [5.74, 6) is 0.656. The Kier molecular flexibility index (Phi) is 3.46. The topological polar surface area (TPSA) is 49.8 Å². The number of thiophene rings is 1. The lowest BCUT2D eigenvalue weighted by Crippen LogP contribution is -2.36.